The number of benzene rings is 1. The predicted molar refractivity (Wildman–Crippen MR) is 83.9 cm³/mol. The van der Waals surface area contributed by atoms with Crippen molar-refractivity contribution in [1.29, 1.82) is 0 Å². The molecule has 0 aliphatic rings. The van der Waals surface area contributed by atoms with Crippen molar-refractivity contribution in [3.8, 4) is 29.6 Å². The Labute approximate surface area is 138 Å². The van der Waals surface area contributed by atoms with E-state index in [1.807, 2.05) is 0 Å². The fraction of sp³-hybridized carbons (Fsp3) is 0.429. The number of halogens is 3. The summed E-state index contributed by atoms with van der Waals surface area (Å²) in [5.74, 6) is 2.92. The molecule has 0 saturated heterocycles. The van der Waals surface area contributed by atoms with Crippen LogP contribution in [0.5, 0.6) is 17.2 Å². The van der Waals surface area contributed by atoms with Crippen molar-refractivity contribution in [3.63, 3.8) is 0 Å². The molecule has 1 aromatic carbocycles. The molecule has 0 saturated carbocycles. The molecular weight excluding hydrogens is 339 g/mol. The van der Waals surface area contributed by atoms with Crippen molar-refractivity contribution in [2.75, 3.05) is 21.3 Å². The summed E-state index contributed by atoms with van der Waals surface area (Å²) in [6.07, 6.45) is 5.38. The van der Waals surface area contributed by atoms with Crippen molar-refractivity contribution in [2.45, 2.75) is 16.3 Å². The maximum absolute atomic E-state index is 10.6. The van der Waals surface area contributed by atoms with Crippen LogP contribution < -0.4 is 14.2 Å². The van der Waals surface area contributed by atoms with Gasteiger partial charge in [0.15, 0.2) is 11.5 Å². The van der Waals surface area contributed by atoms with Crippen LogP contribution in [0.15, 0.2) is 6.07 Å². The Balaban J connectivity index is 3.81. The van der Waals surface area contributed by atoms with Gasteiger partial charge in [-0.05, 0) is 18.6 Å². The number of terminal acetylenes is 1. The average molecular weight is 354 g/mol. The molecule has 0 bridgehead atoms. The Bertz CT molecular complexity index is 575. The van der Waals surface area contributed by atoms with Crippen LogP contribution in [0, 0.1) is 19.3 Å². The van der Waals surface area contributed by atoms with Crippen LogP contribution in [0.4, 0.5) is 0 Å². The van der Waals surface area contributed by atoms with Gasteiger partial charge in [0.2, 0.25) is 15.1 Å². The number of alkyl halides is 3. The van der Waals surface area contributed by atoms with Gasteiger partial charge in [-0.2, -0.15) is 0 Å². The molecule has 21 heavy (non-hydrogen) atoms. The lowest BCUT2D eigenvalue weighted by molar-refractivity contribution is 0.101. The molecule has 0 heterocycles. The van der Waals surface area contributed by atoms with Crippen molar-refractivity contribution >= 4 is 34.8 Å². The summed E-state index contributed by atoms with van der Waals surface area (Å²) in [5.41, 5.74) is -1.47. The van der Waals surface area contributed by atoms with Crippen LogP contribution in [-0.2, 0) is 5.60 Å². The summed E-state index contributed by atoms with van der Waals surface area (Å²) in [7, 11) is 4.28. The number of hydrogen-bond donors (Lipinski definition) is 1. The molecule has 1 N–H and O–H groups in total. The average Bonchev–Trinajstić information content (AvgIpc) is 2.43. The molecule has 7 heteroatoms. The Kier molecular flexibility index (Phi) is 5.51. The maximum atomic E-state index is 10.6. The lowest BCUT2D eigenvalue weighted by Gasteiger charge is -2.32. The van der Waals surface area contributed by atoms with E-state index in [1.54, 1.807) is 6.92 Å². The topological polar surface area (TPSA) is 47.9 Å². The number of ether oxygens (including phenoxy) is 3. The molecule has 0 fully saturated rings. The summed E-state index contributed by atoms with van der Waals surface area (Å²) >= 11 is 17.5. The van der Waals surface area contributed by atoms with E-state index in [0.29, 0.717) is 11.3 Å². The molecule has 0 radical (unpaired) electrons. The first-order valence-electron chi connectivity index (χ1n) is 5.74. The quantitative estimate of drug-likeness (QED) is 0.667. The van der Waals surface area contributed by atoms with Crippen LogP contribution in [0.25, 0.3) is 0 Å². The van der Waals surface area contributed by atoms with E-state index < -0.39 is 9.39 Å². The molecule has 1 unspecified atom stereocenters. The van der Waals surface area contributed by atoms with Crippen molar-refractivity contribution in [1.82, 2.24) is 0 Å². The standard InChI is InChI=1S/C14H15Cl3O4/c1-6-13(18,14(15,16)17)9-7-8(2)10(19-3)12(21-5)11(9)20-4/h1,7,18H,2-5H3. The second-order valence-electron chi connectivity index (χ2n) is 4.19. The van der Waals surface area contributed by atoms with E-state index in [0.717, 1.165) is 0 Å². The smallest absolute Gasteiger partial charge is 0.234 e. The van der Waals surface area contributed by atoms with Gasteiger partial charge in [-0.15, -0.1) is 6.42 Å². The SMILES string of the molecule is C#CC(O)(c1cc(C)c(OC)c(OC)c1OC)C(Cl)(Cl)Cl. The van der Waals surface area contributed by atoms with Crippen LogP contribution in [0.1, 0.15) is 11.1 Å². The second-order valence-corrected chi connectivity index (χ2v) is 6.47. The molecule has 0 aliphatic heterocycles. The normalized spacial score (nSPS) is 14.0. The van der Waals surface area contributed by atoms with Crippen LogP contribution in [0.3, 0.4) is 0 Å². The highest BCUT2D eigenvalue weighted by molar-refractivity contribution is 6.68. The Morgan fingerprint density at radius 2 is 1.52 bits per heavy atom. The van der Waals surface area contributed by atoms with Gasteiger partial charge in [0.25, 0.3) is 0 Å². The number of aryl methyl sites for hydroxylation is 1. The van der Waals surface area contributed by atoms with Crippen molar-refractivity contribution in [2.24, 2.45) is 0 Å². The third kappa shape index (κ3) is 2.97. The zero-order valence-corrected chi connectivity index (χ0v) is 14.2. The summed E-state index contributed by atoms with van der Waals surface area (Å²) in [6, 6.07) is 1.53. The van der Waals surface area contributed by atoms with Gasteiger partial charge in [-0.25, -0.2) is 0 Å². The van der Waals surface area contributed by atoms with Gasteiger partial charge in [-0.1, -0.05) is 40.7 Å². The summed E-state index contributed by atoms with van der Waals surface area (Å²) in [6.45, 7) is 1.74. The molecule has 1 rings (SSSR count). The molecule has 0 aliphatic carbocycles. The number of hydrogen-bond acceptors (Lipinski definition) is 4. The summed E-state index contributed by atoms with van der Waals surface area (Å²) in [4.78, 5) is 0. The molecule has 0 aromatic heterocycles. The highest BCUT2D eigenvalue weighted by Gasteiger charge is 2.50. The van der Waals surface area contributed by atoms with Crippen LogP contribution in [0.2, 0.25) is 0 Å². The van der Waals surface area contributed by atoms with Crippen molar-refractivity contribution < 1.29 is 19.3 Å². The Morgan fingerprint density at radius 1 is 1.05 bits per heavy atom. The van der Waals surface area contributed by atoms with Gasteiger partial charge >= 0.3 is 0 Å². The van der Waals surface area contributed by atoms with E-state index in [1.165, 1.54) is 27.4 Å². The third-order valence-electron chi connectivity index (χ3n) is 3.00. The Morgan fingerprint density at radius 3 is 1.86 bits per heavy atom. The van der Waals surface area contributed by atoms with E-state index in [9.17, 15) is 5.11 Å². The summed E-state index contributed by atoms with van der Waals surface area (Å²) < 4.78 is 13.6. The van der Waals surface area contributed by atoms with Gasteiger partial charge in [0.1, 0.15) is 0 Å². The number of aliphatic hydroxyl groups is 1. The van der Waals surface area contributed by atoms with Crippen LogP contribution >= 0.6 is 34.8 Å². The van der Waals surface area contributed by atoms with Gasteiger partial charge in [0, 0.05) is 5.56 Å². The molecule has 1 atom stereocenters. The second kappa shape index (κ2) is 6.41. The molecule has 116 valence electrons. The zero-order chi connectivity index (χ0) is 16.4. The first-order valence-corrected chi connectivity index (χ1v) is 6.88. The highest BCUT2D eigenvalue weighted by Crippen LogP contribution is 2.52. The summed E-state index contributed by atoms with van der Waals surface area (Å²) in [5, 5.41) is 10.6. The minimum atomic E-state index is -2.20. The molecule has 0 spiro atoms. The lowest BCUT2D eigenvalue weighted by Crippen LogP contribution is -2.39. The molecule has 0 amide bonds. The van der Waals surface area contributed by atoms with E-state index in [2.05, 4.69) is 5.92 Å². The lowest BCUT2D eigenvalue weighted by atomic mass is 9.92. The minimum Gasteiger partial charge on any atom is -0.492 e. The Hall–Kier alpha value is -0.990. The molecule has 4 nitrogen and oxygen atoms in total. The predicted octanol–water partition coefficient (Wildman–Crippen LogP) is 3.21. The fourth-order valence-electron chi connectivity index (χ4n) is 1.97. The van der Waals surface area contributed by atoms with E-state index >= 15 is 0 Å². The van der Waals surface area contributed by atoms with Gasteiger partial charge in [-0.3, -0.25) is 0 Å². The highest BCUT2D eigenvalue weighted by atomic mass is 35.6. The van der Waals surface area contributed by atoms with Crippen LogP contribution in [-0.4, -0.2) is 30.2 Å². The van der Waals surface area contributed by atoms with Crippen molar-refractivity contribution in [3.05, 3.63) is 17.2 Å². The monoisotopic (exact) mass is 352 g/mol. The molecular formula is C14H15Cl3O4. The van der Waals surface area contributed by atoms with Gasteiger partial charge < -0.3 is 19.3 Å². The van der Waals surface area contributed by atoms with E-state index in [-0.39, 0.29) is 17.1 Å². The number of rotatable bonds is 4. The first kappa shape index (κ1) is 18.1. The minimum absolute atomic E-state index is 0.0997. The third-order valence-corrected chi connectivity index (χ3v) is 3.82. The van der Waals surface area contributed by atoms with Gasteiger partial charge in [0.05, 0.1) is 21.3 Å². The first-order chi connectivity index (χ1) is 9.67. The van der Waals surface area contributed by atoms with E-state index in [4.69, 9.17) is 55.4 Å². The largest absolute Gasteiger partial charge is 0.492 e. The number of methoxy groups -OCH3 is 3. The fourth-order valence-corrected chi connectivity index (χ4v) is 2.44. The zero-order valence-electron chi connectivity index (χ0n) is 12.0. The maximum Gasteiger partial charge on any atom is 0.234 e. The molecule has 1 aromatic rings.